The van der Waals surface area contributed by atoms with E-state index in [9.17, 15) is 0 Å². The third-order valence-corrected chi connectivity index (χ3v) is 4.33. The van der Waals surface area contributed by atoms with Gasteiger partial charge in [0.15, 0.2) is 0 Å². The molecule has 62 valence electrons. The average Bonchev–Trinajstić information content (AvgIpc) is 2.09. The fraction of sp³-hybridized carbons (Fsp3) is 0.600. The Morgan fingerprint density at radius 3 is 2.00 bits per heavy atom. The van der Waals surface area contributed by atoms with Gasteiger partial charge in [-0.25, -0.2) is 0 Å². The maximum absolute atomic E-state index is 3.85. The van der Waals surface area contributed by atoms with Crippen molar-refractivity contribution in [3.63, 3.8) is 0 Å². The van der Waals surface area contributed by atoms with Crippen molar-refractivity contribution in [2.75, 3.05) is 0 Å². The Bertz CT molecular complexity index is 126. The summed E-state index contributed by atoms with van der Waals surface area (Å²) in [5.74, 6) is 0. The fourth-order valence-electron chi connectivity index (χ4n) is 1.68. The Morgan fingerprint density at radius 1 is 1.00 bits per heavy atom. The molecular formula is C10H17S+. The van der Waals surface area contributed by atoms with Crippen LogP contribution in [0.1, 0.15) is 32.1 Å². The predicted octanol–water partition coefficient (Wildman–Crippen LogP) is 3.22. The van der Waals surface area contributed by atoms with Crippen LogP contribution in [0.15, 0.2) is 24.0 Å². The summed E-state index contributed by atoms with van der Waals surface area (Å²) < 4.78 is 0. The lowest BCUT2D eigenvalue weighted by Crippen LogP contribution is -2.20. The molecule has 1 heteroatoms. The molecule has 0 aliphatic heterocycles. The third kappa shape index (κ3) is 2.41. The van der Waals surface area contributed by atoms with E-state index in [1.54, 1.807) is 0 Å². The van der Waals surface area contributed by atoms with Gasteiger partial charge >= 0.3 is 0 Å². The van der Waals surface area contributed by atoms with E-state index in [2.05, 4.69) is 24.0 Å². The van der Waals surface area contributed by atoms with Gasteiger partial charge in [0.25, 0.3) is 0 Å². The molecule has 0 saturated heterocycles. The summed E-state index contributed by atoms with van der Waals surface area (Å²) in [7, 11) is 0.303. The lowest BCUT2D eigenvalue weighted by molar-refractivity contribution is 0.515. The van der Waals surface area contributed by atoms with Gasteiger partial charge in [0.1, 0.15) is 16.1 Å². The molecule has 11 heavy (non-hydrogen) atoms. The Balaban J connectivity index is 2.42. The van der Waals surface area contributed by atoms with E-state index in [4.69, 9.17) is 0 Å². The molecule has 0 N–H and O–H groups in total. The SMILES string of the molecule is C=C[S+](C=C)C1CCCCC1. The summed E-state index contributed by atoms with van der Waals surface area (Å²) in [6, 6.07) is 0. The van der Waals surface area contributed by atoms with E-state index in [-0.39, 0.29) is 0 Å². The van der Waals surface area contributed by atoms with Crippen LogP contribution in [0.25, 0.3) is 0 Å². The first kappa shape index (κ1) is 8.92. The standard InChI is InChI=1S/C10H17S/c1-3-11(4-2)10-8-6-5-7-9-10/h3-4,10H,1-2,5-9H2/q+1. The molecule has 0 atom stereocenters. The van der Waals surface area contributed by atoms with Crippen molar-refractivity contribution in [2.45, 2.75) is 37.4 Å². The Hall–Kier alpha value is -0.170. The van der Waals surface area contributed by atoms with E-state index >= 15 is 0 Å². The van der Waals surface area contributed by atoms with Crippen LogP contribution in [0.4, 0.5) is 0 Å². The Labute approximate surface area is 72.7 Å². The van der Waals surface area contributed by atoms with Crippen LogP contribution in [-0.4, -0.2) is 5.25 Å². The molecule has 0 aromatic heterocycles. The van der Waals surface area contributed by atoms with E-state index in [0.717, 1.165) is 5.25 Å². The van der Waals surface area contributed by atoms with Gasteiger partial charge < -0.3 is 0 Å². The highest BCUT2D eigenvalue weighted by molar-refractivity contribution is 8.02. The first-order chi connectivity index (χ1) is 5.38. The summed E-state index contributed by atoms with van der Waals surface area (Å²) in [4.78, 5) is 0. The third-order valence-electron chi connectivity index (χ3n) is 2.32. The minimum absolute atomic E-state index is 0.303. The van der Waals surface area contributed by atoms with Crippen LogP contribution in [0, 0.1) is 0 Å². The van der Waals surface area contributed by atoms with Crippen molar-refractivity contribution in [3.05, 3.63) is 24.0 Å². The summed E-state index contributed by atoms with van der Waals surface area (Å²) >= 11 is 0. The Kier molecular flexibility index (Phi) is 3.78. The fourth-order valence-corrected chi connectivity index (χ4v) is 3.24. The minimum atomic E-state index is 0.303. The van der Waals surface area contributed by atoms with Crippen molar-refractivity contribution in [1.29, 1.82) is 0 Å². The summed E-state index contributed by atoms with van der Waals surface area (Å²) in [6.07, 6.45) is 7.04. The van der Waals surface area contributed by atoms with Crippen LogP contribution < -0.4 is 0 Å². The molecule has 1 aliphatic rings. The first-order valence-corrected chi connectivity index (χ1v) is 5.75. The van der Waals surface area contributed by atoms with E-state index < -0.39 is 0 Å². The molecule has 1 fully saturated rings. The maximum Gasteiger partial charge on any atom is 0.127 e. The molecular weight excluding hydrogens is 152 g/mol. The van der Waals surface area contributed by atoms with E-state index in [1.807, 2.05) is 0 Å². The van der Waals surface area contributed by atoms with Crippen molar-refractivity contribution in [1.82, 2.24) is 0 Å². The largest absolute Gasteiger partial charge is 0.127 e. The second kappa shape index (κ2) is 4.66. The van der Waals surface area contributed by atoms with Gasteiger partial charge in [0.05, 0.1) is 0 Å². The smallest absolute Gasteiger partial charge is 0.0529 e. The summed E-state index contributed by atoms with van der Waals surface area (Å²) in [6.45, 7) is 7.70. The van der Waals surface area contributed by atoms with Crippen LogP contribution >= 0.6 is 0 Å². The first-order valence-electron chi connectivity index (χ1n) is 4.34. The van der Waals surface area contributed by atoms with Crippen molar-refractivity contribution in [3.8, 4) is 0 Å². The van der Waals surface area contributed by atoms with E-state index in [0.29, 0.717) is 10.9 Å². The molecule has 0 heterocycles. The quantitative estimate of drug-likeness (QED) is 0.569. The molecule has 1 aliphatic carbocycles. The topological polar surface area (TPSA) is 0 Å². The predicted molar refractivity (Wildman–Crippen MR) is 54.6 cm³/mol. The highest BCUT2D eigenvalue weighted by Gasteiger charge is 2.26. The molecule has 0 spiro atoms. The Morgan fingerprint density at radius 2 is 1.55 bits per heavy atom. The van der Waals surface area contributed by atoms with Gasteiger partial charge in [0, 0.05) is 10.9 Å². The van der Waals surface area contributed by atoms with Crippen molar-refractivity contribution >= 4 is 10.9 Å². The zero-order chi connectivity index (χ0) is 8.10. The lowest BCUT2D eigenvalue weighted by atomic mass is 10.0. The normalized spacial score (nSPS) is 20.1. The second-order valence-electron chi connectivity index (χ2n) is 3.00. The minimum Gasteiger partial charge on any atom is -0.0529 e. The molecule has 0 nitrogen and oxygen atoms in total. The van der Waals surface area contributed by atoms with Gasteiger partial charge in [-0.1, -0.05) is 19.6 Å². The van der Waals surface area contributed by atoms with Crippen LogP contribution in [0.5, 0.6) is 0 Å². The number of rotatable bonds is 3. The van der Waals surface area contributed by atoms with Crippen LogP contribution in [0.3, 0.4) is 0 Å². The summed E-state index contributed by atoms with van der Waals surface area (Å²) in [5, 5.41) is 5.02. The molecule has 0 radical (unpaired) electrons. The van der Waals surface area contributed by atoms with Gasteiger partial charge in [0.2, 0.25) is 0 Å². The van der Waals surface area contributed by atoms with E-state index in [1.165, 1.54) is 32.1 Å². The van der Waals surface area contributed by atoms with Gasteiger partial charge in [-0.2, -0.15) is 0 Å². The van der Waals surface area contributed by atoms with Crippen molar-refractivity contribution in [2.24, 2.45) is 0 Å². The second-order valence-corrected chi connectivity index (χ2v) is 5.15. The zero-order valence-corrected chi connectivity index (χ0v) is 7.91. The molecule has 0 amide bonds. The zero-order valence-electron chi connectivity index (χ0n) is 7.09. The van der Waals surface area contributed by atoms with Gasteiger partial charge in [-0.15, -0.1) is 0 Å². The molecule has 0 aromatic rings. The van der Waals surface area contributed by atoms with Crippen LogP contribution in [0.2, 0.25) is 0 Å². The highest BCUT2D eigenvalue weighted by atomic mass is 32.2. The lowest BCUT2D eigenvalue weighted by Gasteiger charge is -2.17. The average molecular weight is 169 g/mol. The number of hydrogen-bond acceptors (Lipinski definition) is 0. The molecule has 1 rings (SSSR count). The summed E-state index contributed by atoms with van der Waals surface area (Å²) in [5.41, 5.74) is 0. The van der Waals surface area contributed by atoms with Gasteiger partial charge in [-0.3, -0.25) is 0 Å². The maximum atomic E-state index is 3.85. The van der Waals surface area contributed by atoms with Crippen molar-refractivity contribution < 1.29 is 0 Å². The molecule has 0 unspecified atom stereocenters. The van der Waals surface area contributed by atoms with Crippen LogP contribution in [-0.2, 0) is 10.9 Å². The van der Waals surface area contributed by atoms with Gasteiger partial charge in [-0.05, 0) is 25.7 Å². The number of hydrogen-bond donors (Lipinski definition) is 0. The molecule has 0 bridgehead atoms. The molecule has 0 aromatic carbocycles. The monoisotopic (exact) mass is 169 g/mol. The highest BCUT2D eigenvalue weighted by Crippen LogP contribution is 2.26. The molecule has 1 saturated carbocycles.